The second-order valence-electron chi connectivity index (χ2n) is 5.65. The Morgan fingerprint density at radius 1 is 1.16 bits per heavy atom. The third-order valence-electron chi connectivity index (χ3n) is 4.08. The molecule has 0 atom stereocenters. The van der Waals surface area contributed by atoms with Gasteiger partial charge in [-0.3, -0.25) is 19.4 Å². The van der Waals surface area contributed by atoms with Crippen molar-refractivity contribution in [2.45, 2.75) is 6.54 Å². The van der Waals surface area contributed by atoms with Crippen LogP contribution in [0.25, 0.3) is 17.0 Å². The number of aromatic nitrogens is 1. The van der Waals surface area contributed by atoms with Gasteiger partial charge in [-0.1, -0.05) is 17.5 Å². The molecule has 1 fully saturated rings. The fourth-order valence-corrected chi connectivity index (χ4v) is 2.94. The zero-order valence-electron chi connectivity index (χ0n) is 13.6. The minimum Gasteiger partial charge on any atom is -0.335 e. The smallest absolute Gasteiger partial charge is 0.333 e. The lowest BCUT2D eigenvalue weighted by Gasteiger charge is -2.28. The van der Waals surface area contributed by atoms with E-state index in [1.807, 2.05) is 10.6 Å². The van der Waals surface area contributed by atoms with Gasteiger partial charge in [0.25, 0.3) is 11.8 Å². The molecule has 0 aliphatic carbocycles. The molecule has 1 aromatic carbocycles. The summed E-state index contributed by atoms with van der Waals surface area (Å²) in [4.78, 5) is 38.3. The summed E-state index contributed by atoms with van der Waals surface area (Å²) in [6.45, 7) is 0.335. The lowest BCUT2D eigenvalue weighted by atomic mass is 10.1. The first-order chi connectivity index (χ1) is 11.8. The summed E-state index contributed by atoms with van der Waals surface area (Å²) < 4.78 is 1.83. The van der Waals surface area contributed by atoms with Gasteiger partial charge in [0, 0.05) is 41.8 Å². The number of carbonyl (C=O) groups is 3. The fourth-order valence-electron chi connectivity index (χ4n) is 2.77. The Labute approximate surface area is 149 Å². The average Bonchev–Trinajstić information content (AvgIpc) is 2.92. The third kappa shape index (κ3) is 2.69. The van der Waals surface area contributed by atoms with Crippen molar-refractivity contribution < 1.29 is 14.4 Å². The van der Waals surface area contributed by atoms with E-state index in [4.69, 9.17) is 18.0 Å². The van der Waals surface area contributed by atoms with E-state index in [9.17, 15) is 14.4 Å². The van der Waals surface area contributed by atoms with Crippen LogP contribution in [0.1, 0.15) is 5.56 Å². The molecule has 0 unspecified atom stereocenters. The van der Waals surface area contributed by atoms with E-state index >= 15 is 0 Å². The lowest BCUT2D eigenvalue weighted by Crippen LogP contribution is -2.52. The summed E-state index contributed by atoms with van der Waals surface area (Å²) in [6.07, 6.45) is 8.62. The maximum Gasteiger partial charge on any atom is 0.333 e. The second kappa shape index (κ2) is 6.11. The SMILES string of the molecule is C#CCn1cc(C=C2C(=O)N(C)C(=O)N(C)C2=O)c2cc(Cl)ccc21. The molecule has 1 aliphatic heterocycles. The van der Waals surface area contributed by atoms with Crippen LogP contribution in [0.5, 0.6) is 0 Å². The van der Waals surface area contributed by atoms with Crippen molar-refractivity contribution in [3.05, 3.63) is 40.6 Å². The Morgan fingerprint density at radius 3 is 2.40 bits per heavy atom. The number of hydrogen-bond acceptors (Lipinski definition) is 3. The number of amides is 4. The fraction of sp³-hybridized carbons (Fsp3) is 0.167. The van der Waals surface area contributed by atoms with Gasteiger partial charge in [0.1, 0.15) is 5.57 Å². The van der Waals surface area contributed by atoms with Crippen LogP contribution in [0, 0.1) is 12.3 Å². The van der Waals surface area contributed by atoms with Crippen LogP contribution in [-0.2, 0) is 16.1 Å². The quantitative estimate of drug-likeness (QED) is 0.472. The van der Waals surface area contributed by atoms with Crippen LogP contribution >= 0.6 is 11.6 Å². The van der Waals surface area contributed by atoms with Crippen molar-refractivity contribution in [2.24, 2.45) is 0 Å². The molecule has 25 heavy (non-hydrogen) atoms. The molecule has 0 radical (unpaired) electrons. The van der Waals surface area contributed by atoms with E-state index in [1.165, 1.54) is 20.2 Å². The van der Waals surface area contributed by atoms with Gasteiger partial charge in [-0.2, -0.15) is 0 Å². The number of carbonyl (C=O) groups excluding carboxylic acids is 3. The van der Waals surface area contributed by atoms with Gasteiger partial charge in [0.05, 0.1) is 6.54 Å². The molecule has 1 aromatic heterocycles. The Morgan fingerprint density at radius 2 is 1.80 bits per heavy atom. The van der Waals surface area contributed by atoms with E-state index in [-0.39, 0.29) is 5.57 Å². The minimum absolute atomic E-state index is 0.0932. The molecule has 0 bridgehead atoms. The average molecular weight is 356 g/mol. The predicted octanol–water partition coefficient (Wildman–Crippen LogP) is 2.36. The van der Waals surface area contributed by atoms with Crippen LogP contribution in [0.15, 0.2) is 30.0 Å². The first kappa shape index (κ1) is 16.8. The number of urea groups is 1. The van der Waals surface area contributed by atoms with Gasteiger partial charge in [0.2, 0.25) is 0 Å². The molecule has 1 saturated heterocycles. The highest BCUT2D eigenvalue weighted by atomic mass is 35.5. The number of nitrogens with zero attached hydrogens (tertiary/aromatic N) is 3. The van der Waals surface area contributed by atoms with E-state index in [0.717, 1.165) is 20.7 Å². The number of terminal acetylenes is 1. The number of benzene rings is 1. The largest absolute Gasteiger partial charge is 0.335 e. The Kier molecular flexibility index (Phi) is 4.11. The molecule has 2 aromatic rings. The topological polar surface area (TPSA) is 62.6 Å². The normalized spacial score (nSPS) is 15.1. The van der Waals surface area contributed by atoms with E-state index in [1.54, 1.807) is 18.3 Å². The maximum absolute atomic E-state index is 12.4. The van der Waals surface area contributed by atoms with Crippen molar-refractivity contribution in [2.75, 3.05) is 14.1 Å². The summed E-state index contributed by atoms with van der Waals surface area (Å²) in [5, 5.41) is 1.29. The van der Waals surface area contributed by atoms with Gasteiger partial charge < -0.3 is 4.57 Å². The van der Waals surface area contributed by atoms with Gasteiger partial charge in [-0.25, -0.2) is 4.79 Å². The third-order valence-corrected chi connectivity index (χ3v) is 4.31. The molecule has 4 amide bonds. The zero-order chi connectivity index (χ0) is 18.3. The highest BCUT2D eigenvalue weighted by molar-refractivity contribution is 6.32. The lowest BCUT2D eigenvalue weighted by molar-refractivity contribution is -0.134. The summed E-state index contributed by atoms with van der Waals surface area (Å²) >= 11 is 6.08. The first-order valence-corrected chi connectivity index (χ1v) is 7.76. The molecule has 3 rings (SSSR count). The molecule has 6 nitrogen and oxygen atoms in total. The Hall–Kier alpha value is -3.04. The number of fused-ring (bicyclic) bond motifs is 1. The number of halogens is 1. The van der Waals surface area contributed by atoms with Gasteiger partial charge in [-0.15, -0.1) is 6.42 Å². The van der Waals surface area contributed by atoms with Crippen LogP contribution in [0.2, 0.25) is 5.02 Å². The number of barbiturate groups is 1. The molecular weight excluding hydrogens is 342 g/mol. The summed E-state index contributed by atoms with van der Waals surface area (Å²) in [5.74, 6) is 1.27. The van der Waals surface area contributed by atoms with E-state index < -0.39 is 17.8 Å². The Balaban J connectivity index is 2.19. The van der Waals surface area contributed by atoms with Crippen LogP contribution in [-0.4, -0.2) is 46.3 Å². The molecule has 0 spiro atoms. The predicted molar refractivity (Wildman–Crippen MR) is 94.7 cm³/mol. The number of rotatable bonds is 2. The van der Waals surface area contributed by atoms with Crippen LogP contribution in [0.3, 0.4) is 0 Å². The summed E-state index contributed by atoms with van der Waals surface area (Å²) in [6, 6.07) is 4.64. The minimum atomic E-state index is -0.662. The highest BCUT2D eigenvalue weighted by Crippen LogP contribution is 2.28. The second-order valence-corrected chi connectivity index (χ2v) is 6.08. The number of imide groups is 2. The van der Waals surface area contributed by atoms with Gasteiger partial charge in [-0.05, 0) is 24.3 Å². The van der Waals surface area contributed by atoms with Crippen molar-refractivity contribution >= 4 is 46.4 Å². The van der Waals surface area contributed by atoms with E-state index in [2.05, 4.69) is 5.92 Å². The Bertz CT molecular complexity index is 971. The van der Waals surface area contributed by atoms with Crippen molar-refractivity contribution in [3.63, 3.8) is 0 Å². The molecule has 0 N–H and O–H groups in total. The van der Waals surface area contributed by atoms with Crippen molar-refractivity contribution in [1.82, 2.24) is 14.4 Å². The summed E-state index contributed by atoms with van der Waals surface area (Å²) in [5.41, 5.74) is 1.37. The monoisotopic (exact) mass is 355 g/mol. The first-order valence-electron chi connectivity index (χ1n) is 7.38. The molecule has 0 saturated carbocycles. The molecule has 2 heterocycles. The molecule has 7 heteroatoms. The van der Waals surface area contributed by atoms with Crippen LogP contribution in [0.4, 0.5) is 4.79 Å². The van der Waals surface area contributed by atoms with Gasteiger partial charge in [0.15, 0.2) is 0 Å². The standard InChI is InChI=1S/C18H14ClN3O3/c1-4-7-22-10-11(13-9-12(19)5-6-15(13)22)8-14-16(23)20(2)18(25)21(3)17(14)24/h1,5-6,8-10H,7H2,2-3H3. The highest BCUT2D eigenvalue weighted by Gasteiger charge is 2.37. The van der Waals surface area contributed by atoms with E-state index in [0.29, 0.717) is 17.1 Å². The number of hydrogen-bond donors (Lipinski definition) is 0. The molecule has 126 valence electrons. The van der Waals surface area contributed by atoms with Crippen molar-refractivity contribution in [3.8, 4) is 12.3 Å². The number of likely N-dealkylation sites (N-methyl/N-ethyl adjacent to an activating group) is 2. The van der Waals surface area contributed by atoms with Gasteiger partial charge >= 0.3 is 6.03 Å². The molecular formula is C18H14ClN3O3. The maximum atomic E-state index is 12.4. The molecule has 1 aliphatic rings. The van der Waals surface area contributed by atoms with Crippen molar-refractivity contribution in [1.29, 1.82) is 0 Å². The zero-order valence-corrected chi connectivity index (χ0v) is 14.4. The van der Waals surface area contributed by atoms with Crippen LogP contribution < -0.4 is 0 Å². The summed E-state index contributed by atoms with van der Waals surface area (Å²) in [7, 11) is 2.67.